The highest BCUT2D eigenvalue weighted by Crippen LogP contribution is 2.42. The normalized spacial score (nSPS) is 13.5. The van der Waals surface area contributed by atoms with E-state index in [1.165, 1.54) is 6.07 Å². The molecule has 0 bridgehead atoms. The average Bonchev–Trinajstić information content (AvgIpc) is 2.69. The summed E-state index contributed by atoms with van der Waals surface area (Å²) in [7, 11) is 0. The van der Waals surface area contributed by atoms with Crippen LogP contribution in [0, 0.1) is 5.82 Å². The van der Waals surface area contributed by atoms with Crippen molar-refractivity contribution in [3.05, 3.63) is 29.3 Å². The van der Waals surface area contributed by atoms with Gasteiger partial charge in [-0.3, -0.25) is 0 Å². The summed E-state index contributed by atoms with van der Waals surface area (Å²) < 4.78 is 23.7. The summed E-state index contributed by atoms with van der Waals surface area (Å²) >= 11 is 5.86. The lowest BCUT2D eigenvalue weighted by atomic mass is 10.1. The van der Waals surface area contributed by atoms with Crippen molar-refractivity contribution >= 4 is 22.4 Å². The van der Waals surface area contributed by atoms with E-state index in [-0.39, 0.29) is 17.7 Å². The Morgan fingerprint density at radius 1 is 1.27 bits per heavy atom. The molecule has 3 rings (SSSR count). The highest BCUT2D eigenvalue weighted by Gasteiger charge is 2.22. The van der Waals surface area contributed by atoms with E-state index in [0.29, 0.717) is 16.5 Å². The fourth-order valence-corrected chi connectivity index (χ4v) is 1.84. The van der Waals surface area contributed by atoms with Gasteiger partial charge in [0.2, 0.25) is 12.5 Å². The molecule has 76 valence electrons. The van der Waals surface area contributed by atoms with E-state index in [1.807, 2.05) is 0 Å². The van der Waals surface area contributed by atoms with Crippen molar-refractivity contribution in [1.29, 1.82) is 0 Å². The number of hydrogen-bond donors (Lipinski definition) is 0. The van der Waals surface area contributed by atoms with Gasteiger partial charge in [-0.25, -0.2) is 9.37 Å². The van der Waals surface area contributed by atoms with Crippen molar-refractivity contribution in [2.45, 2.75) is 0 Å². The minimum absolute atomic E-state index is 0.0330. The molecule has 0 atom stereocenters. The molecule has 0 amide bonds. The van der Waals surface area contributed by atoms with Crippen molar-refractivity contribution in [3.8, 4) is 11.5 Å². The number of benzene rings is 1. The monoisotopic (exact) mass is 225 g/mol. The second-order valence-corrected chi connectivity index (χ2v) is 3.48. The second-order valence-electron chi connectivity index (χ2n) is 3.12. The second kappa shape index (κ2) is 2.97. The molecule has 0 fully saturated rings. The van der Waals surface area contributed by atoms with E-state index < -0.39 is 5.82 Å². The number of hydrogen-bond acceptors (Lipinski definition) is 3. The van der Waals surface area contributed by atoms with Crippen LogP contribution in [-0.4, -0.2) is 11.8 Å². The number of ether oxygens (including phenoxy) is 2. The Morgan fingerprint density at radius 2 is 2.07 bits per heavy atom. The van der Waals surface area contributed by atoms with E-state index in [1.54, 1.807) is 12.3 Å². The molecule has 0 radical (unpaired) electrons. The third kappa shape index (κ3) is 1.15. The van der Waals surface area contributed by atoms with E-state index in [2.05, 4.69) is 4.98 Å². The van der Waals surface area contributed by atoms with Gasteiger partial charge >= 0.3 is 0 Å². The van der Waals surface area contributed by atoms with Crippen LogP contribution < -0.4 is 9.47 Å². The van der Waals surface area contributed by atoms with Gasteiger partial charge < -0.3 is 9.47 Å². The van der Waals surface area contributed by atoms with Crippen molar-refractivity contribution in [2.24, 2.45) is 0 Å². The predicted molar refractivity (Wildman–Crippen MR) is 52.8 cm³/mol. The molecule has 1 aliphatic rings. The van der Waals surface area contributed by atoms with Gasteiger partial charge in [0, 0.05) is 17.0 Å². The first-order valence-corrected chi connectivity index (χ1v) is 4.67. The van der Waals surface area contributed by atoms with E-state index >= 15 is 0 Å². The summed E-state index contributed by atoms with van der Waals surface area (Å²) in [6.45, 7) is 0.0330. The first-order chi connectivity index (χ1) is 7.27. The van der Waals surface area contributed by atoms with Gasteiger partial charge in [0.25, 0.3) is 0 Å². The van der Waals surface area contributed by atoms with Crippen molar-refractivity contribution in [1.82, 2.24) is 4.98 Å². The molecule has 0 spiro atoms. The van der Waals surface area contributed by atoms with Crippen LogP contribution in [0.1, 0.15) is 0 Å². The zero-order valence-electron chi connectivity index (χ0n) is 7.46. The summed E-state index contributed by atoms with van der Waals surface area (Å²) in [5, 5.41) is 1.49. The fraction of sp³-hybridized carbons (Fsp3) is 0.100. The zero-order valence-corrected chi connectivity index (χ0v) is 8.21. The van der Waals surface area contributed by atoms with Crippen LogP contribution in [0.5, 0.6) is 11.5 Å². The van der Waals surface area contributed by atoms with Gasteiger partial charge in [-0.1, -0.05) is 11.6 Å². The Kier molecular flexibility index (Phi) is 1.73. The number of rotatable bonds is 0. The first-order valence-electron chi connectivity index (χ1n) is 4.29. The highest BCUT2D eigenvalue weighted by molar-refractivity contribution is 6.34. The molecule has 0 unspecified atom stereocenters. The molecule has 1 aromatic carbocycles. The largest absolute Gasteiger partial charge is 0.453 e. The van der Waals surface area contributed by atoms with Gasteiger partial charge in [0.05, 0.1) is 0 Å². The van der Waals surface area contributed by atoms with Crippen LogP contribution in [0.4, 0.5) is 4.39 Å². The van der Waals surface area contributed by atoms with Crippen LogP contribution in [0.25, 0.3) is 10.8 Å². The lowest BCUT2D eigenvalue weighted by Gasteiger charge is -2.04. The standard InChI is InChI=1S/C10H5ClFNO2/c11-10-6-3-7(12)9-8(14-4-15-9)5(6)1-2-13-10/h1-3H,4H2. The number of aromatic nitrogens is 1. The lowest BCUT2D eigenvalue weighted by Crippen LogP contribution is -1.93. The molecule has 2 heterocycles. The van der Waals surface area contributed by atoms with Crippen LogP contribution >= 0.6 is 11.6 Å². The maximum absolute atomic E-state index is 13.5. The zero-order chi connectivity index (χ0) is 10.4. The molecular formula is C10H5ClFNO2. The molecule has 0 saturated carbocycles. The maximum atomic E-state index is 13.5. The Balaban J connectivity index is 2.48. The average molecular weight is 226 g/mol. The van der Waals surface area contributed by atoms with Crippen LogP contribution in [-0.2, 0) is 0 Å². The lowest BCUT2D eigenvalue weighted by molar-refractivity contribution is 0.171. The Labute approximate surface area is 89.4 Å². The molecule has 1 aromatic heterocycles. The molecule has 1 aliphatic heterocycles. The number of fused-ring (bicyclic) bond motifs is 3. The van der Waals surface area contributed by atoms with E-state index in [4.69, 9.17) is 21.1 Å². The summed E-state index contributed by atoms with van der Waals surface area (Å²) in [5.74, 6) is 0.0592. The molecule has 0 saturated heterocycles. The summed E-state index contributed by atoms with van der Waals surface area (Å²) in [6, 6.07) is 3.02. The summed E-state index contributed by atoms with van der Waals surface area (Å²) in [6.07, 6.45) is 1.55. The Bertz CT molecular complexity index is 559. The quantitative estimate of drug-likeness (QED) is 0.646. The summed E-state index contributed by atoms with van der Waals surface area (Å²) in [4.78, 5) is 3.88. The Hall–Kier alpha value is -1.55. The third-order valence-corrected chi connectivity index (χ3v) is 2.59. The van der Waals surface area contributed by atoms with Crippen molar-refractivity contribution in [2.75, 3.05) is 6.79 Å². The van der Waals surface area contributed by atoms with Crippen LogP contribution in [0.2, 0.25) is 5.15 Å². The van der Waals surface area contributed by atoms with E-state index in [0.717, 1.165) is 0 Å². The van der Waals surface area contributed by atoms with Crippen LogP contribution in [0.3, 0.4) is 0 Å². The Morgan fingerprint density at radius 3 is 2.93 bits per heavy atom. The predicted octanol–water partition coefficient (Wildman–Crippen LogP) is 2.76. The molecule has 0 aliphatic carbocycles. The molecule has 5 heteroatoms. The third-order valence-electron chi connectivity index (χ3n) is 2.29. The van der Waals surface area contributed by atoms with Gasteiger partial charge in [-0.2, -0.15) is 0 Å². The smallest absolute Gasteiger partial charge is 0.231 e. The van der Waals surface area contributed by atoms with Crippen molar-refractivity contribution in [3.63, 3.8) is 0 Å². The number of pyridine rings is 1. The van der Waals surface area contributed by atoms with E-state index in [9.17, 15) is 4.39 Å². The highest BCUT2D eigenvalue weighted by atomic mass is 35.5. The SMILES string of the molecule is Fc1cc2c(Cl)nccc2c2c1OCO2. The van der Waals surface area contributed by atoms with Gasteiger partial charge in [-0.05, 0) is 12.1 Å². The molecule has 15 heavy (non-hydrogen) atoms. The molecule has 2 aromatic rings. The minimum atomic E-state index is -0.482. The maximum Gasteiger partial charge on any atom is 0.231 e. The minimum Gasteiger partial charge on any atom is -0.453 e. The number of nitrogens with zero attached hydrogens (tertiary/aromatic N) is 1. The number of halogens is 2. The van der Waals surface area contributed by atoms with Gasteiger partial charge in [0.1, 0.15) is 5.15 Å². The first kappa shape index (κ1) is 8.73. The molecular weight excluding hydrogens is 221 g/mol. The van der Waals surface area contributed by atoms with Crippen LogP contribution in [0.15, 0.2) is 18.3 Å². The molecule has 3 nitrogen and oxygen atoms in total. The van der Waals surface area contributed by atoms with Crippen molar-refractivity contribution < 1.29 is 13.9 Å². The molecule has 0 N–H and O–H groups in total. The fourth-order valence-electron chi connectivity index (χ4n) is 1.63. The van der Waals surface area contributed by atoms with Gasteiger partial charge in [-0.15, -0.1) is 0 Å². The topological polar surface area (TPSA) is 31.4 Å². The summed E-state index contributed by atoms with van der Waals surface area (Å²) in [5.41, 5.74) is 0. The van der Waals surface area contributed by atoms with Gasteiger partial charge in [0.15, 0.2) is 11.6 Å².